The first-order valence-corrected chi connectivity index (χ1v) is 6.96. The molecule has 2 fully saturated rings. The van der Waals surface area contributed by atoms with Crippen molar-refractivity contribution in [2.24, 2.45) is 17.0 Å². The normalized spacial score (nSPS) is 32.2. The van der Waals surface area contributed by atoms with E-state index in [0.29, 0.717) is 18.2 Å². The van der Waals surface area contributed by atoms with E-state index in [1.807, 2.05) is 6.92 Å². The monoisotopic (exact) mass is 252 g/mol. The van der Waals surface area contributed by atoms with Crippen LogP contribution in [0.1, 0.15) is 32.6 Å². The molecule has 3 rings (SSSR count). The zero-order chi connectivity index (χ0) is 12.5. The summed E-state index contributed by atoms with van der Waals surface area (Å²) in [6.45, 7) is 4.32. The number of likely N-dealkylation sites (tertiary alicyclic amines) is 1. The second-order valence-corrected chi connectivity index (χ2v) is 5.30. The van der Waals surface area contributed by atoms with Gasteiger partial charge in [-0.05, 0) is 38.5 Å². The lowest BCUT2D eigenvalue weighted by Gasteiger charge is -2.26. The van der Waals surface area contributed by atoms with Crippen molar-refractivity contribution < 1.29 is 14.4 Å². The Morgan fingerprint density at radius 2 is 2.17 bits per heavy atom. The molecule has 100 valence electrons. The highest BCUT2D eigenvalue weighted by Gasteiger charge is 2.50. The quantitative estimate of drug-likeness (QED) is 0.709. The molecule has 0 radical (unpaired) electrons. The maximum atomic E-state index is 11.9. The number of carbonyl (C=O) groups excluding carboxylic acids is 1. The zero-order valence-corrected chi connectivity index (χ0v) is 10.8. The van der Waals surface area contributed by atoms with Crippen molar-refractivity contribution in [3.8, 4) is 0 Å². The number of rotatable bonds is 4. The van der Waals surface area contributed by atoms with Crippen LogP contribution in [0.25, 0.3) is 0 Å². The molecule has 0 bridgehead atoms. The van der Waals surface area contributed by atoms with E-state index >= 15 is 0 Å². The molecule has 2 atom stereocenters. The minimum Gasteiger partial charge on any atom is -0.461 e. The van der Waals surface area contributed by atoms with Crippen molar-refractivity contribution in [2.75, 3.05) is 19.7 Å². The highest BCUT2D eigenvalue weighted by molar-refractivity contribution is 6.37. The molecule has 1 saturated heterocycles. The lowest BCUT2D eigenvalue weighted by molar-refractivity contribution is -0.135. The fourth-order valence-corrected chi connectivity index (χ4v) is 2.95. The molecule has 0 aromatic rings. The van der Waals surface area contributed by atoms with Gasteiger partial charge in [0.1, 0.15) is 0 Å². The molecule has 3 aliphatic rings. The van der Waals surface area contributed by atoms with Gasteiger partial charge in [0.25, 0.3) is 0 Å². The first-order chi connectivity index (χ1) is 8.81. The van der Waals surface area contributed by atoms with Crippen LogP contribution in [0.15, 0.2) is 5.16 Å². The van der Waals surface area contributed by atoms with E-state index in [-0.39, 0.29) is 18.1 Å². The molecular weight excluding hydrogens is 232 g/mol. The SMILES string of the molecule is CCOC(=O)C1=NOC(N2CCCC2)C1C1CC1. The van der Waals surface area contributed by atoms with E-state index in [2.05, 4.69) is 10.1 Å². The van der Waals surface area contributed by atoms with E-state index in [1.165, 1.54) is 25.7 Å². The van der Waals surface area contributed by atoms with Gasteiger partial charge in [-0.2, -0.15) is 0 Å². The van der Waals surface area contributed by atoms with Crippen LogP contribution in [-0.4, -0.2) is 42.5 Å². The Balaban J connectivity index is 1.73. The van der Waals surface area contributed by atoms with Crippen LogP contribution < -0.4 is 0 Å². The lowest BCUT2D eigenvalue weighted by Crippen LogP contribution is -2.42. The number of carbonyl (C=O) groups is 1. The topological polar surface area (TPSA) is 51.1 Å². The van der Waals surface area contributed by atoms with E-state index in [0.717, 1.165) is 13.1 Å². The van der Waals surface area contributed by atoms with Gasteiger partial charge < -0.3 is 9.57 Å². The van der Waals surface area contributed by atoms with Gasteiger partial charge in [-0.3, -0.25) is 4.90 Å². The van der Waals surface area contributed by atoms with Crippen molar-refractivity contribution in [3.05, 3.63) is 0 Å². The molecule has 0 aromatic heterocycles. The van der Waals surface area contributed by atoms with Crippen LogP contribution in [0, 0.1) is 11.8 Å². The average molecular weight is 252 g/mol. The summed E-state index contributed by atoms with van der Waals surface area (Å²) >= 11 is 0. The van der Waals surface area contributed by atoms with E-state index in [1.54, 1.807) is 0 Å². The van der Waals surface area contributed by atoms with Gasteiger partial charge in [0.05, 0.1) is 12.5 Å². The summed E-state index contributed by atoms with van der Waals surface area (Å²) in [6.07, 6.45) is 4.75. The minimum absolute atomic E-state index is 0.0283. The zero-order valence-electron chi connectivity index (χ0n) is 10.8. The van der Waals surface area contributed by atoms with E-state index in [4.69, 9.17) is 9.57 Å². The Hall–Kier alpha value is -1.10. The predicted octanol–water partition coefficient (Wildman–Crippen LogP) is 1.38. The van der Waals surface area contributed by atoms with Crippen LogP contribution in [0.3, 0.4) is 0 Å². The van der Waals surface area contributed by atoms with Gasteiger partial charge in [0.2, 0.25) is 0 Å². The molecule has 2 aliphatic heterocycles. The van der Waals surface area contributed by atoms with Crippen molar-refractivity contribution in [3.63, 3.8) is 0 Å². The molecular formula is C13H20N2O3. The van der Waals surface area contributed by atoms with Crippen LogP contribution in [0.4, 0.5) is 0 Å². The Morgan fingerprint density at radius 1 is 1.44 bits per heavy atom. The maximum Gasteiger partial charge on any atom is 0.356 e. The van der Waals surface area contributed by atoms with Crippen LogP contribution >= 0.6 is 0 Å². The Morgan fingerprint density at radius 3 is 2.78 bits per heavy atom. The van der Waals surface area contributed by atoms with Gasteiger partial charge >= 0.3 is 5.97 Å². The summed E-state index contributed by atoms with van der Waals surface area (Å²) in [7, 11) is 0. The summed E-state index contributed by atoms with van der Waals surface area (Å²) < 4.78 is 5.08. The third-order valence-corrected chi connectivity index (χ3v) is 4.00. The minimum atomic E-state index is -0.295. The number of nitrogens with zero attached hydrogens (tertiary/aromatic N) is 2. The van der Waals surface area contributed by atoms with Crippen LogP contribution in [0.5, 0.6) is 0 Å². The second-order valence-electron chi connectivity index (χ2n) is 5.30. The van der Waals surface area contributed by atoms with E-state index < -0.39 is 0 Å². The number of ether oxygens (including phenoxy) is 1. The fraction of sp³-hybridized carbons (Fsp3) is 0.846. The lowest BCUT2D eigenvalue weighted by atomic mass is 9.95. The molecule has 2 heterocycles. The van der Waals surface area contributed by atoms with Crippen molar-refractivity contribution in [1.29, 1.82) is 0 Å². The summed E-state index contributed by atoms with van der Waals surface area (Å²) in [5, 5.41) is 4.02. The number of esters is 1. The summed E-state index contributed by atoms with van der Waals surface area (Å²) in [4.78, 5) is 19.8. The Kier molecular flexibility index (Phi) is 3.24. The molecule has 0 aromatic carbocycles. The smallest absolute Gasteiger partial charge is 0.356 e. The predicted molar refractivity (Wildman–Crippen MR) is 66.0 cm³/mol. The molecule has 0 spiro atoms. The van der Waals surface area contributed by atoms with Gasteiger partial charge in [-0.25, -0.2) is 4.79 Å². The Labute approximate surface area is 107 Å². The highest BCUT2D eigenvalue weighted by atomic mass is 16.7. The second kappa shape index (κ2) is 4.88. The van der Waals surface area contributed by atoms with Crippen LogP contribution in [0.2, 0.25) is 0 Å². The third kappa shape index (κ3) is 2.11. The summed E-state index contributed by atoms with van der Waals surface area (Å²) in [5.74, 6) is 0.388. The first kappa shape index (κ1) is 12.0. The maximum absolute atomic E-state index is 11.9. The molecule has 5 heteroatoms. The molecule has 1 aliphatic carbocycles. The average Bonchev–Trinajstić information content (AvgIpc) is 2.92. The highest BCUT2D eigenvalue weighted by Crippen LogP contribution is 2.44. The van der Waals surface area contributed by atoms with Gasteiger partial charge in [-0.15, -0.1) is 0 Å². The van der Waals surface area contributed by atoms with Crippen molar-refractivity contribution in [1.82, 2.24) is 4.90 Å². The first-order valence-electron chi connectivity index (χ1n) is 6.96. The third-order valence-electron chi connectivity index (χ3n) is 4.00. The summed E-state index contributed by atoms with van der Waals surface area (Å²) in [6, 6.07) is 0. The number of hydrogen-bond donors (Lipinski definition) is 0. The van der Waals surface area contributed by atoms with Crippen molar-refractivity contribution >= 4 is 11.7 Å². The fourth-order valence-electron chi connectivity index (χ4n) is 2.95. The summed E-state index contributed by atoms with van der Waals surface area (Å²) in [5.41, 5.74) is 0.510. The van der Waals surface area contributed by atoms with Gasteiger partial charge in [0.15, 0.2) is 11.9 Å². The largest absolute Gasteiger partial charge is 0.461 e. The number of oxime groups is 1. The Bertz CT molecular complexity index is 359. The molecule has 2 unspecified atom stereocenters. The number of hydrogen-bond acceptors (Lipinski definition) is 5. The van der Waals surface area contributed by atoms with E-state index in [9.17, 15) is 4.79 Å². The molecule has 0 N–H and O–H groups in total. The molecule has 0 amide bonds. The van der Waals surface area contributed by atoms with Gasteiger partial charge in [-0.1, -0.05) is 5.16 Å². The standard InChI is InChI=1S/C13H20N2O3/c1-2-17-13(16)11-10(9-5-6-9)12(18-14-11)15-7-3-4-8-15/h9-10,12H,2-8H2,1H3. The van der Waals surface area contributed by atoms with Gasteiger partial charge in [0, 0.05) is 13.1 Å². The molecule has 18 heavy (non-hydrogen) atoms. The molecule has 1 saturated carbocycles. The van der Waals surface area contributed by atoms with Crippen LogP contribution in [-0.2, 0) is 14.4 Å². The van der Waals surface area contributed by atoms with Crippen molar-refractivity contribution in [2.45, 2.75) is 38.8 Å². The molecule has 5 nitrogen and oxygen atoms in total.